The van der Waals surface area contributed by atoms with Crippen LogP contribution < -0.4 is 4.74 Å². The van der Waals surface area contributed by atoms with Crippen molar-refractivity contribution in [3.8, 4) is 5.75 Å². The van der Waals surface area contributed by atoms with Gasteiger partial charge in [0.1, 0.15) is 10.6 Å². The first kappa shape index (κ1) is 11.0. The summed E-state index contributed by atoms with van der Waals surface area (Å²) in [5.74, 6) is 0.201. The molecule has 0 aliphatic rings. The molecule has 0 fully saturated rings. The Bertz CT molecular complexity index is 448. The zero-order valence-electron chi connectivity index (χ0n) is 8.23. The summed E-state index contributed by atoms with van der Waals surface area (Å²) in [5, 5.41) is 0. The van der Waals surface area contributed by atoms with Crippen LogP contribution in [0.5, 0.6) is 5.75 Å². The summed E-state index contributed by atoms with van der Waals surface area (Å²) in [4.78, 5) is -0.192. The highest BCUT2D eigenvalue weighted by Crippen LogP contribution is 2.29. The first-order chi connectivity index (χ1) is 6.38. The summed E-state index contributed by atoms with van der Waals surface area (Å²) in [6.45, 7) is 3.58. The molecule has 5 heteroatoms. The molecule has 0 saturated heterocycles. The van der Waals surface area contributed by atoms with Crippen LogP contribution in [0.15, 0.2) is 17.0 Å². The molecule has 0 bridgehead atoms. The van der Waals surface area contributed by atoms with Crippen LogP contribution in [0.25, 0.3) is 0 Å². The van der Waals surface area contributed by atoms with Gasteiger partial charge >= 0.3 is 0 Å². The van der Waals surface area contributed by atoms with E-state index in [1.165, 1.54) is 13.2 Å². The van der Waals surface area contributed by atoms with Crippen molar-refractivity contribution in [2.45, 2.75) is 18.7 Å². The maximum Gasteiger partial charge on any atom is 0.298 e. The van der Waals surface area contributed by atoms with Crippen molar-refractivity contribution < 1.29 is 17.7 Å². The molecule has 4 nitrogen and oxygen atoms in total. The second-order valence-corrected chi connectivity index (χ2v) is 4.40. The number of benzene rings is 1. The van der Waals surface area contributed by atoms with Crippen molar-refractivity contribution >= 4 is 10.1 Å². The molecule has 14 heavy (non-hydrogen) atoms. The maximum atomic E-state index is 11.0. The number of ether oxygens (including phenoxy) is 1. The van der Waals surface area contributed by atoms with Gasteiger partial charge in [-0.25, -0.2) is 0 Å². The largest absolute Gasteiger partial charge is 0.495 e. The molecule has 1 rings (SSSR count). The van der Waals surface area contributed by atoms with E-state index in [9.17, 15) is 8.42 Å². The molecule has 1 N–H and O–H groups in total. The average Bonchev–Trinajstić information content (AvgIpc) is 2.07. The van der Waals surface area contributed by atoms with Gasteiger partial charge in [-0.15, -0.1) is 0 Å². The number of methoxy groups -OCH3 is 1. The smallest absolute Gasteiger partial charge is 0.298 e. The fourth-order valence-corrected chi connectivity index (χ4v) is 1.93. The molecule has 0 aromatic heterocycles. The Morgan fingerprint density at radius 3 is 2.29 bits per heavy atom. The van der Waals surface area contributed by atoms with Crippen LogP contribution in [0.3, 0.4) is 0 Å². The summed E-state index contributed by atoms with van der Waals surface area (Å²) in [7, 11) is -2.84. The van der Waals surface area contributed by atoms with Gasteiger partial charge in [-0.2, -0.15) is 8.42 Å². The molecule has 0 heterocycles. The number of aryl methyl sites for hydroxylation is 1. The van der Waals surface area contributed by atoms with E-state index >= 15 is 0 Å². The van der Waals surface area contributed by atoms with Crippen LogP contribution >= 0.6 is 0 Å². The van der Waals surface area contributed by atoms with Crippen molar-refractivity contribution in [1.29, 1.82) is 0 Å². The Morgan fingerprint density at radius 1 is 1.29 bits per heavy atom. The summed E-state index contributed by atoms with van der Waals surface area (Å²) in [6.07, 6.45) is 0. The van der Waals surface area contributed by atoms with E-state index in [2.05, 4.69) is 0 Å². The molecule has 0 aliphatic carbocycles. The Hall–Kier alpha value is -1.07. The van der Waals surface area contributed by atoms with Crippen molar-refractivity contribution in [3.63, 3.8) is 0 Å². The summed E-state index contributed by atoms with van der Waals surface area (Å²) < 4.78 is 35.8. The zero-order chi connectivity index (χ0) is 10.9. The summed E-state index contributed by atoms with van der Waals surface area (Å²) in [5.41, 5.74) is 1.62. The highest BCUT2D eigenvalue weighted by Gasteiger charge is 2.18. The number of hydrogen-bond donors (Lipinski definition) is 1. The van der Waals surface area contributed by atoms with Gasteiger partial charge in [-0.1, -0.05) is 6.07 Å². The lowest BCUT2D eigenvalue weighted by atomic mass is 10.1. The van der Waals surface area contributed by atoms with Crippen LogP contribution in [0.1, 0.15) is 11.1 Å². The summed E-state index contributed by atoms with van der Waals surface area (Å²) in [6, 6.07) is 2.96. The lowest BCUT2D eigenvalue weighted by Crippen LogP contribution is -2.03. The van der Waals surface area contributed by atoms with Crippen LogP contribution in [-0.4, -0.2) is 20.1 Å². The molecule has 0 atom stereocenters. The normalized spacial score (nSPS) is 11.4. The minimum absolute atomic E-state index is 0.192. The highest BCUT2D eigenvalue weighted by molar-refractivity contribution is 7.86. The van der Waals surface area contributed by atoms with Gasteiger partial charge in [-0.3, -0.25) is 4.55 Å². The fourth-order valence-electron chi connectivity index (χ4n) is 1.22. The molecule has 0 radical (unpaired) electrons. The van der Waals surface area contributed by atoms with Gasteiger partial charge in [0.05, 0.1) is 7.11 Å². The average molecular weight is 216 g/mol. The Labute approximate surface area is 83.3 Å². The standard InChI is InChI=1S/C9H12O4S/c1-6-4-5-8(14(10,11)12)9(13-3)7(6)2/h4-5H,1-3H3,(H,10,11,12). The fraction of sp³-hybridized carbons (Fsp3) is 0.333. The highest BCUT2D eigenvalue weighted by atomic mass is 32.2. The monoisotopic (exact) mass is 216 g/mol. The first-order valence-electron chi connectivity index (χ1n) is 3.99. The van der Waals surface area contributed by atoms with Crippen LogP contribution in [0.4, 0.5) is 0 Å². The zero-order valence-corrected chi connectivity index (χ0v) is 9.05. The predicted octanol–water partition coefficient (Wildman–Crippen LogP) is 1.56. The van der Waals surface area contributed by atoms with E-state index in [1.54, 1.807) is 13.0 Å². The van der Waals surface area contributed by atoms with Crippen LogP contribution in [0, 0.1) is 13.8 Å². The second-order valence-electron chi connectivity index (χ2n) is 3.01. The van der Waals surface area contributed by atoms with Gasteiger partial charge < -0.3 is 4.74 Å². The van der Waals surface area contributed by atoms with Gasteiger partial charge in [-0.05, 0) is 31.0 Å². The Kier molecular flexibility index (Phi) is 2.82. The minimum Gasteiger partial charge on any atom is -0.495 e. The predicted molar refractivity (Wildman–Crippen MR) is 52.3 cm³/mol. The van der Waals surface area contributed by atoms with Gasteiger partial charge in [0, 0.05) is 0 Å². The molecule has 0 amide bonds. The van der Waals surface area contributed by atoms with Crippen molar-refractivity contribution in [3.05, 3.63) is 23.3 Å². The van der Waals surface area contributed by atoms with Gasteiger partial charge in [0.25, 0.3) is 10.1 Å². The SMILES string of the molecule is COc1c(S(=O)(=O)O)ccc(C)c1C. The molecule has 0 saturated carbocycles. The van der Waals surface area contributed by atoms with Crippen LogP contribution in [-0.2, 0) is 10.1 Å². The minimum atomic E-state index is -4.21. The molecule has 0 spiro atoms. The third-order valence-electron chi connectivity index (χ3n) is 2.12. The van der Waals surface area contributed by atoms with E-state index in [0.717, 1.165) is 5.56 Å². The van der Waals surface area contributed by atoms with Crippen molar-refractivity contribution in [1.82, 2.24) is 0 Å². The Morgan fingerprint density at radius 2 is 1.86 bits per heavy atom. The quantitative estimate of drug-likeness (QED) is 0.762. The molecular weight excluding hydrogens is 204 g/mol. The number of rotatable bonds is 2. The maximum absolute atomic E-state index is 11.0. The lowest BCUT2D eigenvalue weighted by molar-refractivity contribution is 0.394. The molecule has 0 unspecified atom stereocenters. The van der Waals surface area contributed by atoms with Gasteiger partial charge in [0.15, 0.2) is 0 Å². The van der Waals surface area contributed by atoms with E-state index in [4.69, 9.17) is 9.29 Å². The van der Waals surface area contributed by atoms with E-state index in [-0.39, 0.29) is 10.6 Å². The van der Waals surface area contributed by atoms with E-state index in [0.29, 0.717) is 5.56 Å². The van der Waals surface area contributed by atoms with Crippen LogP contribution in [0.2, 0.25) is 0 Å². The van der Waals surface area contributed by atoms with Crippen molar-refractivity contribution in [2.24, 2.45) is 0 Å². The molecule has 0 aliphatic heterocycles. The summed E-state index contributed by atoms with van der Waals surface area (Å²) >= 11 is 0. The van der Waals surface area contributed by atoms with Crippen molar-refractivity contribution in [2.75, 3.05) is 7.11 Å². The van der Waals surface area contributed by atoms with E-state index in [1.807, 2.05) is 6.92 Å². The molecule has 1 aromatic carbocycles. The lowest BCUT2D eigenvalue weighted by Gasteiger charge is -2.10. The first-order valence-corrected chi connectivity index (χ1v) is 5.43. The topological polar surface area (TPSA) is 63.6 Å². The third-order valence-corrected chi connectivity index (χ3v) is 3.00. The second kappa shape index (κ2) is 3.59. The molecule has 1 aromatic rings. The van der Waals surface area contributed by atoms with E-state index < -0.39 is 10.1 Å². The Balaban J connectivity index is 3.55. The third kappa shape index (κ3) is 1.88. The molecule has 78 valence electrons. The molecular formula is C9H12O4S. The number of hydrogen-bond acceptors (Lipinski definition) is 3. The van der Waals surface area contributed by atoms with Gasteiger partial charge in [0.2, 0.25) is 0 Å².